The van der Waals surface area contributed by atoms with Crippen LogP contribution in [0.5, 0.6) is 0 Å². The molecule has 6 heterocycles. The van der Waals surface area contributed by atoms with E-state index in [0.717, 1.165) is 26.8 Å². The lowest BCUT2D eigenvalue weighted by Crippen LogP contribution is -1.94. The Morgan fingerprint density at radius 1 is 0.177 bits per heavy atom. The molecule has 0 radical (unpaired) electrons. The van der Waals surface area contributed by atoms with Crippen LogP contribution in [-0.2, 0) is 0 Å². The van der Waals surface area contributed by atoms with Gasteiger partial charge in [-0.05, 0) is 252 Å². The molecule has 0 amide bonds. The molecule has 18 nitrogen and oxygen atoms in total. The van der Waals surface area contributed by atoms with Crippen molar-refractivity contribution in [2.45, 2.75) is 0 Å². The van der Waals surface area contributed by atoms with Crippen LogP contribution in [0.3, 0.4) is 0 Å². The molecule has 0 aliphatic heterocycles. The first kappa shape index (κ1) is 78.4. The second-order valence-corrected chi connectivity index (χ2v) is 23.8. The van der Waals surface area contributed by atoms with Crippen molar-refractivity contribution in [3.8, 4) is 33.4 Å². The summed E-state index contributed by atoms with van der Waals surface area (Å²) in [5.41, 5.74) is 8.89. The Morgan fingerprint density at radius 3 is 0.354 bits per heavy atom. The van der Waals surface area contributed by atoms with Crippen molar-refractivity contribution in [2.24, 2.45) is 0 Å². The van der Waals surface area contributed by atoms with E-state index >= 15 is 0 Å². The highest BCUT2D eigenvalue weighted by atomic mass is 79.9. The summed E-state index contributed by atoms with van der Waals surface area (Å²) in [4.78, 5) is 85.5. The molecule has 6 aromatic heterocycles. The van der Waals surface area contributed by atoms with Gasteiger partial charge >= 0.3 is 35.8 Å². The highest BCUT2D eigenvalue weighted by Gasteiger charge is 2.04. The molecule has 486 valence electrons. The zero-order chi connectivity index (χ0) is 70.0. The van der Waals surface area contributed by atoms with E-state index < -0.39 is 35.8 Å². The van der Waals surface area contributed by atoms with Gasteiger partial charge in [0.15, 0.2) is 0 Å². The van der Waals surface area contributed by atoms with Crippen LogP contribution in [0.4, 0.5) is 0 Å². The van der Waals surface area contributed by atoms with Gasteiger partial charge < -0.3 is 30.6 Å². The van der Waals surface area contributed by atoms with E-state index in [-0.39, 0.29) is 0 Å². The van der Waals surface area contributed by atoms with Gasteiger partial charge in [0.25, 0.3) is 0 Å². The monoisotopic (exact) mass is 1670 g/mol. The maximum Gasteiger partial charge on any atom is 0.335 e. The van der Waals surface area contributed by atoms with Gasteiger partial charge in [-0.15, -0.1) is 0 Å². The summed E-state index contributed by atoms with van der Waals surface area (Å²) in [5.74, 6) is -5.38. The SMILES string of the molecule is O=C(O)c1ccc(Br)cc1.O=C(O)c1ccc(Br)cc1.O=C(O)c1ccc(Br)cc1.O=C(O)c1ccc(Br)cc1.O=C(O)c1ccc(Br)cc1.O=C(O)c1ccc(Br)cc1.c1cc(-c2ccncc2)ccn1.c1cc(-c2ccncc2)ccn1.c1cc(-c2ccncc2)ccn1. The molecular formula is C72H54Br6N6O12. The number of hydrogen-bond acceptors (Lipinski definition) is 12. The molecule has 0 saturated heterocycles. The maximum atomic E-state index is 10.3. The Bertz CT molecular complexity index is 3530. The summed E-state index contributed by atoms with van der Waals surface area (Å²) in [6.07, 6.45) is 21.4. The molecule has 24 heteroatoms. The summed E-state index contributed by atoms with van der Waals surface area (Å²) >= 11 is 19.2. The van der Waals surface area contributed by atoms with E-state index in [2.05, 4.69) is 125 Å². The quantitative estimate of drug-likeness (QED) is 0.0782. The number of pyridine rings is 6. The zero-order valence-corrected chi connectivity index (χ0v) is 59.3. The number of aromatic nitrogens is 6. The first-order chi connectivity index (χ1) is 46.1. The summed E-state index contributed by atoms with van der Waals surface area (Å²) in [6, 6.07) is 62.7. The Labute approximate surface area is 602 Å². The third-order valence-electron chi connectivity index (χ3n) is 11.6. The molecule has 0 atom stereocenters. The van der Waals surface area contributed by atoms with Crippen molar-refractivity contribution in [3.63, 3.8) is 0 Å². The van der Waals surface area contributed by atoms with Gasteiger partial charge in [-0.3, -0.25) is 29.9 Å². The van der Waals surface area contributed by atoms with E-state index in [1.54, 1.807) is 220 Å². The van der Waals surface area contributed by atoms with Crippen LogP contribution in [0.25, 0.3) is 33.4 Å². The molecule has 12 rings (SSSR count). The van der Waals surface area contributed by atoms with Crippen molar-refractivity contribution in [1.29, 1.82) is 0 Å². The molecule has 0 aliphatic carbocycles. The lowest BCUT2D eigenvalue weighted by Gasteiger charge is -1.97. The van der Waals surface area contributed by atoms with Gasteiger partial charge in [0.05, 0.1) is 33.4 Å². The minimum Gasteiger partial charge on any atom is -0.478 e. The van der Waals surface area contributed by atoms with Crippen molar-refractivity contribution >= 4 is 131 Å². The van der Waals surface area contributed by atoms with E-state index in [1.165, 1.54) is 33.4 Å². The van der Waals surface area contributed by atoms with Crippen LogP contribution in [0.1, 0.15) is 62.1 Å². The van der Waals surface area contributed by atoms with Crippen LogP contribution in [-0.4, -0.2) is 96.4 Å². The molecule has 0 fully saturated rings. The van der Waals surface area contributed by atoms with Crippen LogP contribution >= 0.6 is 95.6 Å². The third kappa shape index (κ3) is 32.2. The minimum atomic E-state index is -0.896. The smallest absolute Gasteiger partial charge is 0.335 e. The van der Waals surface area contributed by atoms with E-state index in [0.29, 0.717) is 33.4 Å². The largest absolute Gasteiger partial charge is 0.478 e. The van der Waals surface area contributed by atoms with Crippen molar-refractivity contribution < 1.29 is 59.4 Å². The number of hydrogen-bond donors (Lipinski definition) is 6. The first-order valence-electron chi connectivity index (χ1n) is 27.4. The number of carbonyl (C=O) groups is 6. The molecule has 6 N–H and O–H groups in total. The standard InChI is InChI=1S/3C10H8N2.6C7H5BrO2/c3*1-5-11-6-2-9(1)10-3-7-12-8-4-10;6*8-6-3-1-5(2-4-6)7(9)10/h3*1-8H;6*1-4H,(H,9,10). The number of rotatable bonds is 9. The summed E-state index contributed by atoms with van der Waals surface area (Å²) in [7, 11) is 0. The van der Waals surface area contributed by atoms with Crippen LogP contribution in [0, 0.1) is 0 Å². The summed E-state index contributed by atoms with van der Waals surface area (Å²) in [5, 5.41) is 50.8. The summed E-state index contributed by atoms with van der Waals surface area (Å²) in [6.45, 7) is 0. The highest BCUT2D eigenvalue weighted by Crippen LogP contribution is 2.19. The second kappa shape index (κ2) is 44.5. The van der Waals surface area contributed by atoms with Gasteiger partial charge in [0.1, 0.15) is 0 Å². The summed E-state index contributed by atoms with van der Waals surface area (Å²) < 4.78 is 5.32. The maximum absolute atomic E-state index is 10.3. The second-order valence-electron chi connectivity index (χ2n) is 18.3. The first-order valence-corrected chi connectivity index (χ1v) is 32.2. The minimum absolute atomic E-state index is 0.309. The lowest BCUT2D eigenvalue weighted by atomic mass is 10.1. The number of nitrogens with zero attached hydrogens (tertiary/aromatic N) is 6. The number of halogens is 6. The zero-order valence-electron chi connectivity index (χ0n) is 49.8. The fraction of sp³-hybridized carbons (Fsp3) is 0. The Hall–Kier alpha value is -10.1. The van der Waals surface area contributed by atoms with E-state index in [9.17, 15) is 28.8 Å². The van der Waals surface area contributed by atoms with E-state index in [4.69, 9.17) is 30.6 Å². The van der Waals surface area contributed by atoms with E-state index in [1.807, 2.05) is 72.8 Å². The number of benzene rings is 6. The molecule has 0 aliphatic rings. The van der Waals surface area contributed by atoms with Gasteiger partial charge in [-0.2, -0.15) is 0 Å². The van der Waals surface area contributed by atoms with Crippen LogP contribution < -0.4 is 0 Å². The van der Waals surface area contributed by atoms with Gasteiger partial charge in [-0.1, -0.05) is 95.6 Å². The average molecular weight is 1670 g/mol. The van der Waals surface area contributed by atoms with Crippen molar-refractivity contribution in [2.75, 3.05) is 0 Å². The fourth-order valence-electron chi connectivity index (χ4n) is 6.82. The highest BCUT2D eigenvalue weighted by molar-refractivity contribution is 9.11. The van der Waals surface area contributed by atoms with Gasteiger partial charge in [0.2, 0.25) is 0 Å². The predicted octanol–water partition coefficient (Wildman–Crippen LogP) is 19.3. The molecular weight excluding hydrogens is 1620 g/mol. The Balaban J connectivity index is 0.000000230. The average Bonchev–Trinajstić information content (AvgIpc) is 3.09. The predicted molar refractivity (Wildman–Crippen MR) is 389 cm³/mol. The van der Waals surface area contributed by atoms with Gasteiger partial charge in [-0.25, -0.2) is 28.8 Å². The topological polar surface area (TPSA) is 301 Å². The van der Waals surface area contributed by atoms with Crippen LogP contribution in [0.2, 0.25) is 0 Å². The third-order valence-corrected chi connectivity index (χ3v) is 14.8. The number of carboxylic acids is 6. The molecule has 6 aromatic carbocycles. The van der Waals surface area contributed by atoms with Crippen molar-refractivity contribution in [3.05, 3.63) is 353 Å². The molecule has 0 bridgehead atoms. The Morgan fingerprint density at radius 2 is 0.271 bits per heavy atom. The van der Waals surface area contributed by atoms with Crippen molar-refractivity contribution in [1.82, 2.24) is 29.9 Å². The molecule has 0 saturated carbocycles. The molecule has 0 spiro atoms. The lowest BCUT2D eigenvalue weighted by molar-refractivity contribution is 0.0686. The Kier molecular flexibility index (Phi) is 36.3. The number of carboxylic acid groups (broad SMARTS) is 6. The molecule has 96 heavy (non-hydrogen) atoms. The molecule has 12 aromatic rings. The molecule has 0 unspecified atom stereocenters. The van der Waals surface area contributed by atoms with Crippen LogP contribution in [0.15, 0.2) is 320 Å². The fourth-order valence-corrected chi connectivity index (χ4v) is 8.41. The van der Waals surface area contributed by atoms with Gasteiger partial charge in [0, 0.05) is 101 Å². The number of aromatic carboxylic acids is 6. The normalized spacial score (nSPS) is 9.44.